The molecule has 1 fully saturated rings. The molecule has 1 aromatic rings. The first-order valence-electron chi connectivity index (χ1n) is 6.24. The largest absolute Gasteiger partial charge is 0.329 e. The monoisotopic (exact) mass is 284 g/mol. The van der Waals surface area contributed by atoms with E-state index >= 15 is 0 Å². The van der Waals surface area contributed by atoms with E-state index in [4.69, 9.17) is 17.3 Å². The van der Waals surface area contributed by atoms with Crippen LogP contribution in [-0.4, -0.2) is 22.4 Å². The van der Waals surface area contributed by atoms with Crippen LogP contribution in [0.3, 0.4) is 0 Å². The van der Waals surface area contributed by atoms with Gasteiger partial charge in [-0.2, -0.15) is 0 Å². The standard InChI is InChI=1S/C14H18ClFN2O/c1-14(2,3)18-12(19)7-11(17)13(18)9-5-4-8(15)6-10(9)16/h4-6,11,13H,7,17H2,1-3H3. The van der Waals surface area contributed by atoms with E-state index in [1.165, 1.54) is 6.07 Å². The quantitative estimate of drug-likeness (QED) is 0.862. The van der Waals surface area contributed by atoms with E-state index in [1.807, 2.05) is 20.8 Å². The van der Waals surface area contributed by atoms with Gasteiger partial charge in [-0.1, -0.05) is 17.7 Å². The van der Waals surface area contributed by atoms with Gasteiger partial charge in [0.15, 0.2) is 0 Å². The molecular weight excluding hydrogens is 267 g/mol. The summed E-state index contributed by atoms with van der Waals surface area (Å²) in [6, 6.07) is 3.65. The fourth-order valence-electron chi connectivity index (χ4n) is 2.66. The number of likely N-dealkylation sites (tertiary alicyclic amines) is 1. The van der Waals surface area contributed by atoms with Crippen LogP contribution >= 0.6 is 11.6 Å². The highest BCUT2D eigenvalue weighted by Gasteiger charge is 2.44. The normalized spacial score (nSPS) is 24.1. The topological polar surface area (TPSA) is 46.3 Å². The maximum absolute atomic E-state index is 14.1. The summed E-state index contributed by atoms with van der Waals surface area (Å²) in [4.78, 5) is 13.8. The van der Waals surface area contributed by atoms with Crippen molar-refractivity contribution in [3.05, 3.63) is 34.6 Å². The number of benzene rings is 1. The van der Waals surface area contributed by atoms with Gasteiger partial charge in [-0.05, 0) is 32.9 Å². The van der Waals surface area contributed by atoms with Gasteiger partial charge in [0.25, 0.3) is 0 Å². The molecule has 19 heavy (non-hydrogen) atoms. The Morgan fingerprint density at radius 2 is 2.05 bits per heavy atom. The van der Waals surface area contributed by atoms with Crippen molar-refractivity contribution in [1.29, 1.82) is 0 Å². The van der Waals surface area contributed by atoms with Crippen molar-refractivity contribution in [1.82, 2.24) is 4.90 Å². The zero-order valence-electron chi connectivity index (χ0n) is 11.3. The second-order valence-electron chi connectivity index (χ2n) is 5.91. The molecule has 0 aliphatic carbocycles. The number of hydrogen-bond acceptors (Lipinski definition) is 2. The molecule has 1 aliphatic rings. The highest BCUT2D eigenvalue weighted by atomic mass is 35.5. The molecule has 2 unspecified atom stereocenters. The zero-order chi connectivity index (χ0) is 14.4. The van der Waals surface area contributed by atoms with Crippen molar-refractivity contribution >= 4 is 17.5 Å². The summed E-state index contributed by atoms with van der Waals surface area (Å²) in [5.41, 5.74) is 6.06. The second-order valence-corrected chi connectivity index (χ2v) is 6.35. The minimum atomic E-state index is -0.440. The predicted octanol–water partition coefficient (Wildman–Crippen LogP) is 2.88. The van der Waals surface area contributed by atoms with E-state index in [0.29, 0.717) is 10.6 Å². The number of nitrogens with two attached hydrogens (primary N) is 1. The van der Waals surface area contributed by atoms with Crippen molar-refractivity contribution in [2.75, 3.05) is 0 Å². The summed E-state index contributed by atoms with van der Waals surface area (Å²) >= 11 is 5.76. The molecule has 2 N–H and O–H groups in total. The molecule has 1 heterocycles. The number of carbonyl (C=O) groups excluding carboxylic acids is 1. The molecule has 3 nitrogen and oxygen atoms in total. The highest BCUT2D eigenvalue weighted by Crippen LogP contribution is 2.38. The molecule has 0 bridgehead atoms. The molecule has 1 aromatic carbocycles. The molecule has 2 rings (SSSR count). The molecule has 0 radical (unpaired) electrons. The van der Waals surface area contributed by atoms with E-state index in [-0.39, 0.29) is 12.3 Å². The Balaban J connectivity index is 2.48. The molecule has 0 saturated carbocycles. The van der Waals surface area contributed by atoms with Crippen LogP contribution in [0.25, 0.3) is 0 Å². The van der Waals surface area contributed by atoms with Crippen LogP contribution in [0.1, 0.15) is 38.8 Å². The minimum absolute atomic E-state index is 0.0423. The van der Waals surface area contributed by atoms with Crippen molar-refractivity contribution in [2.24, 2.45) is 5.73 Å². The van der Waals surface area contributed by atoms with Gasteiger partial charge in [0, 0.05) is 28.6 Å². The molecule has 1 amide bonds. The van der Waals surface area contributed by atoms with Gasteiger partial charge in [-0.15, -0.1) is 0 Å². The first kappa shape index (κ1) is 14.3. The van der Waals surface area contributed by atoms with Crippen LogP contribution in [0.2, 0.25) is 5.02 Å². The Morgan fingerprint density at radius 1 is 1.42 bits per heavy atom. The Kier molecular flexibility index (Phi) is 3.58. The van der Waals surface area contributed by atoms with E-state index in [2.05, 4.69) is 0 Å². The van der Waals surface area contributed by atoms with E-state index in [1.54, 1.807) is 17.0 Å². The lowest BCUT2D eigenvalue weighted by atomic mass is 9.96. The number of hydrogen-bond donors (Lipinski definition) is 1. The summed E-state index contributed by atoms with van der Waals surface area (Å²) in [6.07, 6.45) is 0.240. The molecule has 0 spiro atoms. The molecule has 2 atom stereocenters. The second kappa shape index (κ2) is 4.76. The summed E-state index contributed by atoms with van der Waals surface area (Å²) < 4.78 is 14.1. The highest BCUT2D eigenvalue weighted by molar-refractivity contribution is 6.30. The number of nitrogens with zero attached hydrogens (tertiary/aromatic N) is 1. The van der Waals surface area contributed by atoms with Crippen LogP contribution in [0.5, 0.6) is 0 Å². The summed E-state index contributed by atoms with van der Waals surface area (Å²) in [7, 11) is 0. The third-order valence-corrected chi connectivity index (χ3v) is 3.60. The SMILES string of the molecule is CC(C)(C)N1C(=O)CC(N)C1c1ccc(Cl)cc1F. The van der Waals surface area contributed by atoms with Crippen molar-refractivity contribution in [3.63, 3.8) is 0 Å². The average Bonchev–Trinajstić information content (AvgIpc) is 2.53. The Labute approximate surface area is 117 Å². The van der Waals surface area contributed by atoms with Crippen LogP contribution in [-0.2, 0) is 4.79 Å². The van der Waals surface area contributed by atoms with E-state index in [9.17, 15) is 9.18 Å². The number of rotatable bonds is 1. The average molecular weight is 285 g/mol. The number of carbonyl (C=O) groups is 1. The van der Waals surface area contributed by atoms with Crippen LogP contribution in [0.15, 0.2) is 18.2 Å². The Morgan fingerprint density at radius 3 is 2.58 bits per heavy atom. The smallest absolute Gasteiger partial charge is 0.225 e. The molecular formula is C14H18ClFN2O. The maximum Gasteiger partial charge on any atom is 0.225 e. The Bertz CT molecular complexity index is 513. The Hall–Kier alpha value is -1.13. The molecule has 1 saturated heterocycles. The van der Waals surface area contributed by atoms with Crippen LogP contribution in [0.4, 0.5) is 4.39 Å². The first-order chi connectivity index (χ1) is 8.71. The van der Waals surface area contributed by atoms with Gasteiger partial charge in [0.1, 0.15) is 5.82 Å². The summed E-state index contributed by atoms with van der Waals surface area (Å²) in [5.74, 6) is -0.462. The van der Waals surface area contributed by atoms with Crippen LogP contribution in [0, 0.1) is 5.82 Å². The van der Waals surface area contributed by atoms with Gasteiger partial charge in [-0.3, -0.25) is 4.79 Å². The van der Waals surface area contributed by atoms with E-state index < -0.39 is 23.4 Å². The summed E-state index contributed by atoms with van der Waals surface area (Å²) in [6.45, 7) is 5.76. The fourth-order valence-corrected chi connectivity index (χ4v) is 2.82. The van der Waals surface area contributed by atoms with Gasteiger partial charge >= 0.3 is 0 Å². The lowest BCUT2D eigenvalue weighted by Gasteiger charge is -2.38. The molecule has 104 valence electrons. The minimum Gasteiger partial charge on any atom is -0.329 e. The maximum atomic E-state index is 14.1. The summed E-state index contributed by atoms with van der Waals surface area (Å²) in [5, 5.41) is 0.335. The lowest BCUT2D eigenvalue weighted by molar-refractivity contribution is -0.133. The fraction of sp³-hybridized carbons (Fsp3) is 0.500. The lowest BCUT2D eigenvalue weighted by Crippen LogP contribution is -2.45. The zero-order valence-corrected chi connectivity index (χ0v) is 12.0. The van der Waals surface area contributed by atoms with Crippen LogP contribution < -0.4 is 5.73 Å². The van der Waals surface area contributed by atoms with Gasteiger partial charge in [0.05, 0.1) is 6.04 Å². The number of halogens is 2. The predicted molar refractivity (Wildman–Crippen MR) is 73.3 cm³/mol. The van der Waals surface area contributed by atoms with Crippen molar-refractivity contribution in [2.45, 2.75) is 44.8 Å². The molecule has 1 aliphatic heterocycles. The third-order valence-electron chi connectivity index (χ3n) is 3.37. The molecule has 0 aromatic heterocycles. The van der Waals surface area contributed by atoms with Crippen molar-refractivity contribution in [3.8, 4) is 0 Å². The number of amides is 1. The van der Waals surface area contributed by atoms with E-state index in [0.717, 1.165) is 0 Å². The van der Waals surface area contributed by atoms with Gasteiger partial charge in [0.2, 0.25) is 5.91 Å². The first-order valence-corrected chi connectivity index (χ1v) is 6.62. The van der Waals surface area contributed by atoms with Crippen molar-refractivity contribution < 1.29 is 9.18 Å². The molecule has 5 heteroatoms. The van der Waals surface area contributed by atoms with Gasteiger partial charge < -0.3 is 10.6 Å². The van der Waals surface area contributed by atoms with Gasteiger partial charge in [-0.25, -0.2) is 4.39 Å². The third kappa shape index (κ3) is 2.60.